The summed E-state index contributed by atoms with van der Waals surface area (Å²) in [4.78, 5) is 4.69. The Labute approximate surface area is 302 Å². The average molecular weight is 671 g/mol. The third-order valence-corrected chi connectivity index (χ3v) is 10.7. The van der Waals surface area contributed by atoms with Gasteiger partial charge in [0.2, 0.25) is 0 Å². The van der Waals surface area contributed by atoms with Crippen LogP contribution in [0.3, 0.4) is 0 Å². The van der Waals surface area contributed by atoms with E-state index in [1.807, 2.05) is 11.3 Å². The number of hydrogen-bond donors (Lipinski definition) is 0. The quantitative estimate of drug-likeness (QED) is 0.159. The van der Waals surface area contributed by atoms with Gasteiger partial charge in [0.1, 0.15) is 0 Å². The first kappa shape index (κ1) is 30.6. The van der Waals surface area contributed by atoms with Crippen LogP contribution in [0.15, 0.2) is 206 Å². The number of fused-ring (bicyclic) bond motifs is 3. The minimum absolute atomic E-state index is 1.10. The fourth-order valence-corrected chi connectivity index (χ4v) is 8.33. The third-order valence-electron chi connectivity index (χ3n) is 9.44. The Kier molecular flexibility index (Phi) is 8.09. The molecule has 8 aromatic carbocycles. The van der Waals surface area contributed by atoms with Crippen LogP contribution in [0.2, 0.25) is 0 Å². The Morgan fingerprint density at radius 3 is 1.53 bits per heavy atom. The number of benzene rings is 8. The zero-order chi connectivity index (χ0) is 34.0. The van der Waals surface area contributed by atoms with Gasteiger partial charge < -0.3 is 9.80 Å². The van der Waals surface area contributed by atoms with Gasteiger partial charge in [-0.25, -0.2) is 0 Å². The first-order valence-corrected chi connectivity index (χ1v) is 18.1. The van der Waals surface area contributed by atoms with E-state index in [2.05, 4.69) is 216 Å². The first-order chi connectivity index (χ1) is 25.3. The lowest BCUT2D eigenvalue weighted by Crippen LogP contribution is -2.11. The highest BCUT2D eigenvalue weighted by Crippen LogP contribution is 2.44. The van der Waals surface area contributed by atoms with E-state index in [9.17, 15) is 0 Å². The number of hydrogen-bond acceptors (Lipinski definition) is 3. The van der Waals surface area contributed by atoms with Crippen LogP contribution in [-0.4, -0.2) is 0 Å². The summed E-state index contributed by atoms with van der Waals surface area (Å²) >= 11 is 1.87. The van der Waals surface area contributed by atoms with E-state index in [4.69, 9.17) is 0 Å². The Morgan fingerprint density at radius 2 is 0.824 bits per heavy atom. The molecule has 0 fully saturated rings. The predicted octanol–water partition coefficient (Wildman–Crippen LogP) is 14.3. The summed E-state index contributed by atoms with van der Waals surface area (Å²) < 4.78 is 2.65. The summed E-state index contributed by atoms with van der Waals surface area (Å²) in [6.07, 6.45) is 0. The fourth-order valence-electron chi connectivity index (χ4n) is 7.10. The average Bonchev–Trinajstić information content (AvgIpc) is 3.59. The van der Waals surface area contributed by atoms with E-state index in [1.54, 1.807) is 0 Å². The van der Waals surface area contributed by atoms with Gasteiger partial charge in [-0.2, -0.15) is 0 Å². The van der Waals surface area contributed by atoms with Crippen molar-refractivity contribution in [3.8, 4) is 22.3 Å². The van der Waals surface area contributed by atoms with Crippen molar-refractivity contribution in [3.05, 3.63) is 206 Å². The zero-order valence-electron chi connectivity index (χ0n) is 27.9. The third kappa shape index (κ3) is 5.84. The van der Waals surface area contributed by atoms with Crippen molar-refractivity contribution >= 4 is 65.6 Å². The Bertz CT molecular complexity index is 2540. The molecule has 0 aliphatic carbocycles. The maximum atomic E-state index is 2.37. The van der Waals surface area contributed by atoms with E-state index < -0.39 is 0 Å². The molecule has 0 radical (unpaired) electrons. The number of rotatable bonds is 8. The van der Waals surface area contributed by atoms with Crippen LogP contribution in [0.5, 0.6) is 0 Å². The van der Waals surface area contributed by atoms with Crippen LogP contribution in [0.25, 0.3) is 42.4 Å². The molecule has 0 unspecified atom stereocenters. The van der Waals surface area contributed by atoms with Crippen LogP contribution >= 0.6 is 11.3 Å². The minimum atomic E-state index is 1.10. The molecule has 1 aromatic heterocycles. The van der Waals surface area contributed by atoms with Crippen molar-refractivity contribution in [3.63, 3.8) is 0 Å². The summed E-state index contributed by atoms with van der Waals surface area (Å²) in [7, 11) is 0. The van der Waals surface area contributed by atoms with Crippen molar-refractivity contribution < 1.29 is 0 Å². The molecule has 0 atom stereocenters. The molecular weight excluding hydrogens is 637 g/mol. The fraction of sp³-hybridized carbons (Fsp3) is 0. The van der Waals surface area contributed by atoms with Gasteiger partial charge in [0, 0.05) is 54.2 Å². The molecular formula is C48H34N2S. The smallest absolute Gasteiger partial charge is 0.0540 e. The Morgan fingerprint density at radius 1 is 0.314 bits per heavy atom. The van der Waals surface area contributed by atoms with E-state index in [0.717, 1.165) is 45.3 Å². The molecule has 3 heteroatoms. The maximum Gasteiger partial charge on any atom is 0.0540 e. The zero-order valence-corrected chi connectivity index (χ0v) is 28.7. The minimum Gasteiger partial charge on any atom is -0.310 e. The standard InChI is InChI=1S/C48H34N2S/c1-4-17-37(18-5-1)49(38-19-6-2-7-20-38)41-23-14-16-36(34-41)42-24-10-12-28-46(42)50(39-21-8-3-9-22-39)40-32-30-35(31-33-40)43-26-15-27-45-44-25-11-13-29-47(44)51-48(43)45/h1-34H. The monoisotopic (exact) mass is 670 g/mol. The molecule has 0 spiro atoms. The van der Waals surface area contributed by atoms with E-state index in [-0.39, 0.29) is 0 Å². The number of nitrogens with zero attached hydrogens (tertiary/aromatic N) is 2. The van der Waals surface area contributed by atoms with Crippen LogP contribution in [0.4, 0.5) is 34.1 Å². The molecule has 0 saturated heterocycles. The lowest BCUT2D eigenvalue weighted by atomic mass is 9.99. The van der Waals surface area contributed by atoms with Gasteiger partial charge in [-0.05, 0) is 89.5 Å². The van der Waals surface area contributed by atoms with Crippen molar-refractivity contribution in [2.24, 2.45) is 0 Å². The summed E-state index contributed by atoms with van der Waals surface area (Å²) in [5.41, 5.74) is 11.5. The summed E-state index contributed by atoms with van der Waals surface area (Å²) in [5, 5.41) is 2.64. The second-order valence-corrected chi connectivity index (χ2v) is 13.6. The summed E-state index contributed by atoms with van der Waals surface area (Å²) in [6, 6.07) is 73.9. The second kappa shape index (κ2) is 13.5. The van der Waals surface area contributed by atoms with Gasteiger partial charge in [-0.15, -0.1) is 11.3 Å². The molecule has 0 aliphatic heterocycles. The highest BCUT2D eigenvalue weighted by atomic mass is 32.1. The lowest BCUT2D eigenvalue weighted by molar-refractivity contribution is 1.27. The maximum absolute atomic E-state index is 2.37. The van der Waals surface area contributed by atoms with Crippen LogP contribution in [0.1, 0.15) is 0 Å². The predicted molar refractivity (Wildman–Crippen MR) is 220 cm³/mol. The number of para-hydroxylation sites is 4. The lowest BCUT2D eigenvalue weighted by Gasteiger charge is -2.29. The van der Waals surface area contributed by atoms with Gasteiger partial charge in [0.05, 0.1) is 5.69 Å². The largest absolute Gasteiger partial charge is 0.310 e. The van der Waals surface area contributed by atoms with Crippen molar-refractivity contribution in [2.75, 3.05) is 9.80 Å². The van der Waals surface area contributed by atoms with Crippen LogP contribution in [-0.2, 0) is 0 Å². The molecule has 0 N–H and O–H groups in total. The van der Waals surface area contributed by atoms with Gasteiger partial charge in [-0.3, -0.25) is 0 Å². The van der Waals surface area contributed by atoms with Crippen LogP contribution < -0.4 is 9.80 Å². The van der Waals surface area contributed by atoms with Crippen molar-refractivity contribution in [2.45, 2.75) is 0 Å². The van der Waals surface area contributed by atoms with E-state index in [0.29, 0.717) is 0 Å². The number of thiophene rings is 1. The molecule has 9 aromatic rings. The first-order valence-electron chi connectivity index (χ1n) is 17.3. The van der Waals surface area contributed by atoms with Gasteiger partial charge >= 0.3 is 0 Å². The SMILES string of the molecule is c1ccc(N(c2ccccc2)c2cccc(-c3ccccc3N(c3ccccc3)c3ccc(-c4cccc5c4sc4ccccc45)cc3)c2)cc1. The van der Waals surface area contributed by atoms with Gasteiger partial charge in [-0.1, -0.05) is 133 Å². The highest BCUT2D eigenvalue weighted by Gasteiger charge is 2.19. The van der Waals surface area contributed by atoms with Gasteiger partial charge in [0.15, 0.2) is 0 Å². The molecule has 0 amide bonds. The molecule has 0 aliphatic rings. The summed E-state index contributed by atoms with van der Waals surface area (Å²) in [6.45, 7) is 0. The van der Waals surface area contributed by atoms with Crippen LogP contribution in [0, 0.1) is 0 Å². The van der Waals surface area contributed by atoms with Crippen molar-refractivity contribution in [1.82, 2.24) is 0 Å². The van der Waals surface area contributed by atoms with Crippen molar-refractivity contribution in [1.29, 1.82) is 0 Å². The Balaban J connectivity index is 1.14. The van der Waals surface area contributed by atoms with E-state index >= 15 is 0 Å². The second-order valence-electron chi connectivity index (χ2n) is 12.6. The Hall–Kier alpha value is -6.42. The van der Waals surface area contributed by atoms with E-state index in [1.165, 1.54) is 31.3 Å². The molecule has 0 bridgehead atoms. The van der Waals surface area contributed by atoms with Gasteiger partial charge in [0.25, 0.3) is 0 Å². The molecule has 1 heterocycles. The normalized spacial score (nSPS) is 11.1. The summed E-state index contributed by atoms with van der Waals surface area (Å²) in [5.74, 6) is 0. The molecule has 2 nitrogen and oxygen atoms in total. The molecule has 242 valence electrons. The number of anilines is 6. The molecule has 51 heavy (non-hydrogen) atoms. The molecule has 9 rings (SSSR count). The molecule has 0 saturated carbocycles. The topological polar surface area (TPSA) is 6.48 Å². The highest BCUT2D eigenvalue weighted by molar-refractivity contribution is 7.26.